The second kappa shape index (κ2) is 13.7. The molecule has 9 heteroatoms. The van der Waals surface area contributed by atoms with Crippen LogP contribution in [-0.2, 0) is 14.3 Å². The van der Waals surface area contributed by atoms with Gasteiger partial charge in [-0.2, -0.15) is 0 Å². The van der Waals surface area contributed by atoms with Crippen molar-refractivity contribution in [2.75, 3.05) is 72.7 Å². The second-order valence-corrected chi connectivity index (χ2v) is 8.27. The first kappa shape index (κ1) is 25.6. The number of aliphatic imine (C=N–C) groups is 1. The molecule has 3 aliphatic heterocycles. The van der Waals surface area contributed by atoms with E-state index in [1.165, 1.54) is 0 Å². The average molecular weight is 537 g/mol. The lowest BCUT2D eigenvalue weighted by Crippen LogP contribution is -2.57. The molecule has 0 aromatic heterocycles. The van der Waals surface area contributed by atoms with E-state index in [-0.39, 0.29) is 30.0 Å². The molecule has 8 nitrogen and oxygen atoms in total. The minimum Gasteiger partial charge on any atom is -0.379 e. The van der Waals surface area contributed by atoms with Crippen LogP contribution in [0.4, 0.5) is 0 Å². The standard InChI is InChI=1S/C21H39N5O3.HI/c1-18(20(27)25-9-3-4-10-25)24-11-13-26(14-12-24)21(22-2)23-8-6-15-28-17-19-7-5-16-29-19;/h18-19H,3-17H2,1-2H3,(H,22,23);1H. The fourth-order valence-corrected chi connectivity index (χ4v) is 4.38. The van der Waals surface area contributed by atoms with Crippen LogP contribution in [0.3, 0.4) is 0 Å². The number of halogens is 1. The molecule has 30 heavy (non-hydrogen) atoms. The fraction of sp³-hybridized carbons (Fsp3) is 0.905. The van der Waals surface area contributed by atoms with E-state index < -0.39 is 0 Å². The summed E-state index contributed by atoms with van der Waals surface area (Å²) < 4.78 is 11.3. The van der Waals surface area contributed by atoms with E-state index in [0.717, 1.165) is 97.1 Å². The number of guanidine groups is 1. The third-order valence-corrected chi connectivity index (χ3v) is 6.22. The van der Waals surface area contributed by atoms with Gasteiger partial charge in [0.15, 0.2) is 5.96 Å². The molecule has 3 heterocycles. The molecule has 0 bridgehead atoms. The predicted molar refractivity (Wildman–Crippen MR) is 130 cm³/mol. The Morgan fingerprint density at radius 2 is 1.87 bits per heavy atom. The molecular formula is C21H40IN5O3. The minimum absolute atomic E-state index is 0. The molecule has 174 valence electrons. The van der Waals surface area contributed by atoms with Crippen molar-refractivity contribution in [2.24, 2.45) is 4.99 Å². The summed E-state index contributed by atoms with van der Waals surface area (Å²) in [7, 11) is 1.84. The second-order valence-electron chi connectivity index (χ2n) is 8.27. The monoisotopic (exact) mass is 537 g/mol. The lowest BCUT2D eigenvalue weighted by molar-refractivity contribution is -0.135. The molecule has 2 atom stereocenters. The third-order valence-electron chi connectivity index (χ3n) is 6.22. The fourth-order valence-electron chi connectivity index (χ4n) is 4.38. The van der Waals surface area contributed by atoms with Crippen molar-refractivity contribution in [1.29, 1.82) is 0 Å². The van der Waals surface area contributed by atoms with Crippen molar-refractivity contribution in [2.45, 2.75) is 51.2 Å². The number of likely N-dealkylation sites (tertiary alicyclic amines) is 1. The molecule has 0 aromatic rings. The molecule has 3 saturated heterocycles. The van der Waals surface area contributed by atoms with Crippen LogP contribution in [-0.4, -0.2) is 111 Å². The van der Waals surface area contributed by atoms with E-state index in [9.17, 15) is 4.79 Å². The van der Waals surface area contributed by atoms with E-state index in [1.54, 1.807) is 0 Å². The van der Waals surface area contributed by atoms with E-state index >= 15 is 0 Å². The highest BCUT2D eigenvalue weighted by Crippen LogP contribution is 2.14. The van der Waals surface area contributed by atoms with Crippen LogP contribution < -0.4 is 5.32 Å². The molecule has 0 aliphatic carbocycles. The first-order valence-electron chi connectivity index (χ1n) is 11.4. The van der Waals surface area contributed by atoms with E-state index in [4.69, 9.17) is 9.47 Å². The van der Waals surface area contributed by atoms with Gasteiger partial charge in [-0.1, -0.05) is 0 Å². The zero-order valence-corrected chi connectivity index (χ0v) is 21.0. The number of piperazine rings is 1. The maximum Gasteiger partial charge on any atom is 0.239 e. The van der Waals surface area contributed by atoms with Gasteiger partial charge in [0.1, 0.15) is 0 Å². The minimum atomic E-state index is -0.0220. The molecule has 3 aliphatic rings. The number of nitrogens with zero attached hydrogens (tertiary/aromatic N) is 4. The summed E-state index contributed by atoms with van der Waals surface area (Å²) in [6.45, 7) is 10.7. The van der Waals surface area contributed by atoms with Crippen LogP contribution in [0.15, 0.2) is 4.99 Å². The number of amides is 1. The van der Waals surface area contributed by atoms with Crippen molar-refractivity contribution in [3.8, 4) is 0 Å². The van der Waals surface area contributed by atoms with Crippen LogP contribution in [0.25, 0.3) is 0 Å². The summed E-state index contributed by atoms with van der Waals surface area (Å²) in [6.07, 6.45) is 5.82. The van der Waals surface area contributed by atoms with E-state index in [0.29, 0.717) is 18.6 Å². The Morgan fingerprint density at radius 1 is 1.13 bits per heavy atom. The van der Waals surface area contributed by atoms with Crippen molar-refractivity contribution in [3.05, 3.63) is 0 Å². The van der Waals surface area contributed by atoms with Gasteiger partial charge in [-0.15, -0.1) is 24.0 Å². The van der Waals surface area contributed by atoms with E-state index in [1.807, 2.05) is 11.9 Å². The summed E-state index contributed by atoms with van der Waals surface area (Å²) in [5.74, 6) is 1.24. The van der Waals surface area contributed by atoms with Crippen molar-refractivity contribution in [1.82, 2.24) is 20.0 Å². The number of rotatable bonds is 8. The summed E-state index contributed by atoms with van der Waals surface area (Å²) in [4.78, 5) is 23.7. The van der Waals surface area contributed by atoms with Gasteiger partial charge >= 0.3 is 0 Å². The summed E-state index contributed by atoms with van der Waals surface area (Å²) in [5.41, 5.74) is 0. The SMILES string of the molecule is CN=C(NCCCOCC1CCCO1)N1CCN(C(C)C(=O)N2CCCC2)CC1.I. The largest absolute Gasteiger partial charge is 0.379 e. The van der Waals surface area contributed by atoms with Gasteiger partial charge in [-0.05, 0) is 39.0 Å². The van der Waals surface area contributed by atoms with Crippen LogP contribution in [0, 0.1) is 0 Å². The quantitative estimate of drug-likeness (QED) is 0.219. The Kier molecular flexibility index (Phi) is 11.7. The lowest BCUT2D eigenvalue weighted by atomic mass is 10.2. The van der Waals surface area contributed by atoms with Crippen molar-refractivity contribution in [3.63, 3.8) is 0 Å². The normalized spacial score (nSPS) is 24.1. The molecule has 1 N–H and O–H groups in total. The van der Waals surface area contributed by atoms with Crippen LogP contribution in [0.1, 0.15) is 39.0 Å². The molecule has 0 aromatic carbocycles. The number of carbonyl (C=O) groups excluding carboxylic acids is 1. The molecule has 3 fully saturated rings. The Balaban J connectivity index is 0.00000320. The predicted octanol–water partition coefficient (Wildman–Crippen LogP) is 1.39. The molecule has 3 rings (SSSR count). The average Bonchev–Trinajstić information content (AvgIpc) is 3.47. The molecule has 2 unspecified atom stereocenters. The maximum absolute atomic E-state index is 12.6. The molecular weight excluding hydrogens is 497 g/mol. The highest BCUT2D eigenvalue weighted by Gasteiger charge is 2.30. The van der Waals surface area contributed by atoms with Gasteiger partial charge < -0.3 is 24.6 Å². The Hall–Kier alpha value is -0.650. The van der Waals surface area contributed by atoms with Gasteiger partial charge in [0.25, 0.3) is 0 Å². The van der Waals surface area contributed by atoms with E-state index in [2.05, 4.69) is 27.0 Å². The van der Waals surface area contributed by atoms with Gasteiger partial charge in [0.05, 0.1) is 18.8 Å². The van der Waals surface area contributed by atoms with Crippen molar-refractivity contribution < 1.29 is 14.3 Å². The van der Waals surface area contributed by atoms with Gasteiger partial charge in [0.2, 0.25) is 5.91 Å². The first-order valence-corrected chi connectivity index (χ1v) is 11.4. The summed E-state index contributed by atoms with van der Waals surface area (Å²) in [6, 6.07) is -0.0220. The van der Waals surface area contributed by atoms with Crippen LogP contribution in [0.2, 0.25) is 0 Å². The van der Waals surface area contributed by atoms with Gasteiger partial charge in [-0.25, -0.2) is 0 Å². The Morgan fingerprint density at radius 3 is 2.50 bits per heavy atom. The topological polar surface area (TPSA) is 69.6 Å². The highest BCUT2D eigenvalue weighted by atomic mass is 127. The first-order chi connectivity index (χ1) is 14.2. The Bertz CT molecular complexity index is 531. The van der Waals surface area contributed by atoms with Gasteiger partial charge in [-0.3, -0.25) is 14.7 Å². The maximum atomic E-state index is 12.6. The molecule has 0 spiro atoms. The summed E-state index contributed by atoms with van der Waals surface area (Å²) in [5, 5.41) is 3.45. The molecule has 0 saturated carbocycles. The zero-order valence-electron chi connectivity index (χ0n) is 18.7. The molecule has 1 amide bonds. The third kappa shape index (κ3) is 7.49. The summed E-state index contributed by atoms with van der Waals surface area (Å²) >= 11 is 0. The number of hydrogen-bond donors (Lipinski definition) is 1. The Labute approximate surface area is 198 Å². The molecule has 0 radical (unpaired) electrons. The number of ether oxygens (including phenoxy) is 2. The van der Waals surface area contributed by atoms with Crippen LogP contribution in [0.5, 0.6) is 0 Å². The lowest BCUT2D eigenvalue weighted by Gasteiger charge is -2.39. The smallest absolute Gasteiger partial charge is 0.239 e. The number of nitrogens with one attached hydrogen (secondary N) is 1. The zero-order chi connectivity index (χ0) is 20.5. The van der Waals surface area contributed by atoms with Crippen LogP contribution >= 0.6 is 24.0 Å². The highest BCUT2D eigenvalue weighted by molar-refractivity contribution is 14.0. The van der Waals surface area contributed by atoms with Crippen molar-refractivity contribution >= 4 is 35.8 Å². The number of carbonyl (C=O) groups is 1. The number of hydrogen-bond acceptors (Lipinski definition) is 5. The van der Waals surface area contributed by atoms with Gasteiger partial charge in [0, 0.05) is 66.1 Å².